The molecule has 0 aliphatic heterocycles. The highest BCUT2D eigenvalue weighted by atomic mass is 16.6. The molecule has 0 fully saturated rings. The summed E-state index contributed by atoms with van der Waals surface area (Å²) in [7, 11) is 0. The summed E-state index contributed by atoms with van der Waals surface area (Å²) in [6.45, 7) is 2.87. The third-order valence-corrected chi connectivity index (χ3v) is 2.45. The minimum atomic E-state index is -0.267. The van der Waals surface area contributed by atoms with E-state index in [1.165, 1.54) is 0 Å². The molecule has 1 aromatic rings. The SMILES string of the molecule is CCCCNC(C[N+](=O)[O-])c1ccccc1. The van der Waals surface area contributed by atoms with Crippen LogP contribution in [0, 0.1) is 10.1 Å². The fourth-order valence-electron chi connectivity index (χ4n) is 1.58. The van der Waals surface area contributed by atoms with Gasteiger partial charge in [-0.15, -0.1) is 0 Å². The van der Waals surface area contributed by atoms with E-state index in [0.717, 1.165) is 24.9 Å². The van der Waals surface area contributed by atoms with Crippen LogP contribution < -0.4 is 5.32 Å². The fourth-order valence-corrected chi connectivity index (χ4v) is 1.58. The van der Waals surface area contributed by atoms with Crippen LogP contribution in [-0.2, 0) is 0 Å². The number of hydrogen-bond donors (Lipinski definition) is 1. The van der Waals surface area contributed by atoms with Gasteiger partial charge < -0.3 is 5.32 Å². The molecule has 1 N–H and O–H groups in total. The van der Waals surface area contributed by atoms with Crippen LogP contribution in [0.1, 0.15) is 31.4 Å². The first-order valence-electron chi connectivity index (χ1n) is 5.64. The lowest BCUT2D eigenvalue weighted by Gasteiger charge is -2.14. The maximum Gasteiger partial charge on any atom is 0.223 e. The average Bonchev–Trinajstić information content (AvgIpc) is 2.29. The third-order valence-electron chi connectivity index (χ3n) is 2.45. The second kappa shape index (κ2) is 6.95. The Kier molecular flexibility index (Phi) is 5.50. The quantitative estimate of drug-likeness (QED) is 0.438. The minimum absolute atomic E-state index is 0.0618. The first-order valence-corrected chi connectivity index (χ1v) is 5.64. The Morgan fingerprint density at radius 2 is 2.06 bits per heavy atom. The van der Waals surface area contributed by atoms with Crippen molar-refractivity contribution in [2.24, 2.45) is 0 Å². The van der Waals surface area contributed by atoms with Gasteiger partial charge in [0.05, 0.1) is 6.04 Å². The number of nitrogens with zero attached hydrogens (tertiary/aromatic N) is 1. The highest BCUT2D eigenvalue weighted by molar-refractivity contribution is 5.18. The number of nitro groups is 1. The fraction of sp³-hybridized carbons (Fsp3) is 0.500. The predicted molar refractivity (Wildman–Crippen MR) is 64.0 cm³/mol. The molecule has 0 aliphatic carbocycles. The monoisotopic (exact) mass is 222 g/mol. The van der Waals surface area contributed by atoms with Crippen LogP contribution >= 0.6 is 0 Å². The molecule has 1 atom stereocenters. The Balaban J connectivity index is 2.60. The Morgan fingerprint density at radius 1 is 1.38 bits per heavy atom. The molecular formula is C12H18N2O2. The van der Waals surface area contributed by atoms with E-state index in [2.05, 4.69) is 12.2 Å². The van der Waals surface area contributed by atoms with Gasteiger partial charge in [-0.05, 0) is 18.5 Å². The first-order chi connectivity index (χ1) is 7.74. The standard InChI is InChI=1S/C12H18N2O2/c1-2-3-9-13-12(10-14(15)16)11-7-5-4-6-8-11/h4-8,12-13H,2-3,9-10H2,1H3. The van der Waals surface area contributed by atoms with Crippen molar-refractivity contribution in [1.29, 1.82) is 0 Å². The van der Waals surface area contributed by atoms with E-state index in [4.69, 9.17) is 0 Å². The van der Waals surface area contributed by atoms with Crippen LogP contribution in [0.5, 0.6) is 0 Å². The molecule has 4 heteroatoms. The van der Waals surface area contributed by atoms with Gasteiger partial charge in [0.25, 0.3) is 0 Å². The lowest BCUT2D eigenvalue weighted by atomic mass is 10.1. The Hall–Kier alpha value is -1.42. The molecule has 1 rings (SSSR count). The van der Waals surface area contributed by atoms with Crippen molar-refractivity contribution in [2.75, 3.05) is 13.1 Å². The van der Waals surface area contributed by atoms with Crippen molar-refractivity contribution in [3.63, 3.8) is 0 Å². The van der Waals surface area contributed by atoms with E-state index in [0.29, 0.717) is 0 Å². The average molecular weight is 222 g/mol. The van der Waals surface area contributed by atoms with Crippen LogP contribution in [0.15, 0.2) is 30.3 Å². The second-order valence-electron chi connectivity index (χ2n) is 3.79. The van der Waals surface area contributed by atoms with Gasteiger partial charge in [-0.25, -0.2) is 0 Å². The Morgan fingerprint density at radius 3 is 2.62 bits per heavy atom. The van der Waals surface area contributed by atoms with Gasteiger partial charge in [0.1, 0.15) is 0 Å². The van der Waals surface area contributed by atoms with E-state index in [1.807, 2.05) is 30.3 Å². The largest absolute Gasteiger partial charge is 0.305 e. The second-order valence-corrected chi connectivity index (χ2v) is 3.79. The number of nitrogens with one attached hydrogen (secondary N) is 1. The number of hydrogen-bond acceptors (Lipinski definition) is 3. The van der Waals surface area contributed by atoms with Gasteiger partial charge in [0.2, 0.25) is 6.54 Å². The highest BCUT2D eigenvalue weighted by Gasteiger charge is 2.15. The molecule has 1 aromatic carbocycles. The summed E-state index contributed by atoms with van der Waals surface area (Å²) in [5.41, 5.74) is 0.982. The number of rotatable bonds is 7. The Bertz CT molecular complexity index is 314. The van der Waals surface area contributed by atoms with Crippen LogP contribution in [0.25, 0.3) is 0 Å². The zero-order valence-electron chi connectivity index (χ0n) is 9.56. The van der Waals surface area contributed by atoms with Crippen molar-refractivity contribution < 1.29 is 4.92 Å². The summed E-state index contributed by atoms with van der Waals surface area (Å²) in [5, 5.41) is 13.8. The Labute approximate surface area is 95.8 Å². The van der Waals surface area contributed by atoms with Crippen molar-refractivity contribution >= 4 is 0 Å². The molecule has 16 heavy (non-hydrogen) atoms. The smallest absolute Gasteiger partial charge is 0.223 e. The van der Waals surface area contributed by atoms with Crippen LogP contribution in [0.4, 0.5) is 0 Å². The molecular weight excluding hydrogens is 204 g/mol. The molecule has 0 aliphatic rings. The van der Waals surface area contributed by atoms with Gasteiger partial charge in [0.15, 0.2) is 0 Å². The number of benzene rings is 1. The zero-order chi connectivity index (χ0) is 11.8. The van der Waals surface area contributed by atoms with E-state index in [9.17, 15) is 10.1 Å². The molecule has 0 saturated carbocycles. The highest BCUT2D eigenvalue weighted by Crippen LogP contribution is 2.12. The summed E-state index contributed by atoms with van der Waals surface area (Å²) in [4.78, 5) is 10.3. The van der Waals surface area contributed by atoms with Crippen molar-refractivity contribution in [1.82, 2.24) is 5.32 Å². The molecule has 0 spiro atoms. The summed E-state index contributed by atoms with van der Waals surface area (Å²) in [6.07, 6.45) is 2.13. The minimum Gasteiger partial charge on any atom is -0.305 e. The summed E-state index contributed by atoms with van der Waals surface area (Å²) in [6, 6.07) is 9.40. The molecule has 0 saturated heterocycles. The summed E-state index contributed by atoms with van der Waals surface area (Å²) in [5.74, 6) is 0. The molecule has 0 bridgehead atoms. The number of unbranched alkanes of at least 4 members (excludes halogenated alkanes) is 1. The summed E-state index contributed by atoms with van der Waals surface area (Å²) < 4.78 is 0. The maximum atomic E-state index is 10.6. The van der Waals surface area contributed by atoms with Gasteiger partial charge in [-0.3, -0.25) is 10.1 Å². The molecule has 1 unspecified atom stereocenters. The molecule has 0 aromatic heterocycles. The maximum absolute atomic E-state index is 10.6. The van der Waals surface area contributed by atoms with Crippen molar-refractivity contribution in [2.45, 2.75) is 25.8 Å². The van der Waals surface area contributed by atoms with Crippen molar-refractivity contribution in [3.05, 3.63) is 46.0 Å². The molecule has 4 nitrogen and oxygen atoms in total. The lowest BCUT2D eigenvalue weighted by Crippen LogP contribution is -2.28. The first kappa shape index (κ1) is 12.6. The van der Waals surface area contributed by atoms with Gasteiger partial charge in [-0.1, -0.05) is 43.7 Å². The van der Waals surface area contributed by atoms with E-state index < -0.39 is 0 Å². The molecule has 88 valence electrons. The van der Waals surface area contributed by atoms with Gasteiger partial charge in [0, 0.05) is 4.92 Å². The molecule has 0 amide bonds. The summed E-state index contributed by atoms with van der Waals surface area (Å²) >= 11 is 0. The van der Waals surface area contributed by atoms with E-state index >= 15 is 0 Å². The molecule has 0 heterocycles. The van der Waals surface area contributed by atoms with Crippen LogP contribution in [-0.4, -0.2) is 18.0 Å². The van der Waals surface area contributed by atoms with Gasteiger partial charge in [-0.2, -0.15) is 0 Å². The topological polar surface area (TPSA) is 55.2 Å². The van der Waals surface area contributed by atoms with Crippen LogP contribution in [0.3, 0.4) is 0 Å². The molecule has 0 radical (unpaired) electrons. The van der Waals surface area contributed by atoms with Gasteiger partial charge >= 0.3 is 0 Å². The van der Waals surface area contributed by atoms with E-state index in [-0.39, 0.29) is 17.5 Å². The zero-order valence-corrected chi connectivity index (χ0v) is 9.56. The normalized spacial score (nSPS) is 12.3. The lowest BCUT2D eigenvalue weighted by molar-refractivity contribution is -0.484. The van der Waals surface area contributed by atoms with E-state index in [1.54, 1.807) is 0 Å². The third kappa shape index (κ3) is 4.40. The van der Waals surface area contributed by atoms with Crippen LogP contribution in [0.2, 0.25) is 0 Å². The van der Waals surface area contributed by atoms with Crippen molar-refractivity contribution in [3.8, 4) is 0 Å². The predicted octanol–water partition coefficient (Wildman–Crippen LogP) is 2.39.